The van der Waals surface area contributed by atoms with Crippen LogP contribution in [0, 0.1) is 0 Å². The number of nitrogens with zero attached hydrogens (tertiary/aromatic N) is 2. The summed E-state index contributed by atoms with van der Waals surface area (Å²) in [7, 11) is 0. The average Bonchev–Trinajstić information content (AvgIpc) is 3.20. The number of amides is 1. The normalized spacial score (nSPS) is 14.1. The summed E-state index contributed by atoms with van der Waals surface area (Å²) in [5, 5.41) is 9.71. The Morgan fingerprint density at radius 3 is 3.05 bits per heavy atom. The lowest BCUT2D eigenvalue weighted by molar-refractivity contribution is -0.113. The van der Waals surface area contributed by atoms with E-state index in [0.29, 0.717) is 16.5 Å². The van der Waals surface area contributed by atoms with Crippen LogP contribution in [0.15, 0.2) is 34.2 Å². The van der Waals surface area contributed by atoms with Gasteiger partial charge < -0.3 is 11.1 Å². The molecule has 1 aliphatic rings. The zero-order valence-corrected chi connectivity index (χ0v) is 12.0. The number of H-pyrrole nitrogens is 1. The number of carbonyl (C=O) groups excluding carboxylic acids is 1. The molecule has 1 fully saturated rings. The molecule has 7 nitrogen and oxygen atoms in total. The highest BCUT2D eigenvalue weighted by Crippen LogP contribution is 2.35. The fourth-order valence-corrected chi connectivity index (χ4v) is 2.80. The quantitative estimate of drug-likeness (QED) is 0.569. The molecular weight excluding hydrogens is 290 g/mol. The summed E-state index contributed by atoms with van der Waals surface area (Å²) in [5.74, 6) is 0.0228. The Kier molecular flexibility index (Phi) is 3.70. The molecule has 1 amide bonds. The SMILES string of the molecule is Nc1cccc(NC(=O)CSc2n[nH]c(=O)n2C2CC2)c1. The zero-order chi connectivity index (χ0) is 14.8. The number of hydrogen-bond donors (Lipinski definition) is 3. The highest BCUT2D eigenvalue weighted by Gasteiger charge is 2.28. The van der Waals surface area contributed by atoms with E-state index in [1.54, 1.807) is 28.8 Å². The molecule has 1 heterocycles. The van der Waals surface area contributed by atoms with Gasteiger partial charge in [-0.2, -0.15) is 0 Å². The number of hydrogen-bond acceptors (Lipinski definition) is 5. The summed E-state index contributed by atoms with van der Waals surface area (Å²) in [5.41, 5.74) is 6.69. The van der Waals surface area contributed by atoms with E-state index in [9.17, 15) is 9.59 Å². The maximum Gasteiger partial charge on any atom is 0.344 e. The predicted octanol–water partition coefficient (Wildman–Crippen LogP) is 1.22. The summed E-state index contributed by atoms with van der Waals surface area (Å²) in [6, 6.07) is 7.22. The van der Waals surface area contributed by atoms with E-state index in [2.05, 4.69) is 15.5 Å². The molecule has 21 heavy (non-hydrogen) atoms. The van der Waals surface area contributed by atoms with E-state index >= 15 is 0 Å². The van der Waals surface area contributed by atoms with Gasteiger partial charge >= 0.3 is 5.69 Å². The largest absolute Gasteiger partial charge is 0.399 e. The molecule has 110 valence electrons. The van der Waals surface area contributed by atoms with E-state index in [0.717, 1.165) is 12.8 Å². The van der Waals surface area contributed by atoms with Crippen molar-refractivity contribution in [1.29, 1.82) is 0 Å². The van der Waals surface area contributed by atoms with Crippen molar-refractivity contribution in [2.24, 2.45) is 0 Å². The molecule has 0 aliphatic heterocycles. The molecule has 3 rings (SSSR count). The Morgan fingerprint density at radius 2 is 2.33 bits per heavy atom. The molecule has 2 aromatic rings. The van der Waals surface area contributed by atoms with Crippen LogP contribution in [0.25, 0.3) is 0 Å². The minimum Gasteiger partial charge on any atom is -0.399 e. The number of benzene rings is 1. The summed E-state index contributed by atoms with van der Waals surface area (Å²) in [6.45, 7) is 0. The summed E-state index contributed by atoms with van der Waals surface area (Å²) < 4.78 is 1.62. The molecule has 0 radical (unpaired) electrons. The fourth-order valence-electron chi connectivity index (χ4n) is 1.99. The van der Waals surface area contributed by atoms with Crippen molar-refractivity contribution in [3.8, 4) is 0 Å². The van der Waals surface area contributed by atoms with E-state index in [1.807, 2.05) is 0 Å². The number of aromatic amines is 1. The average molecular weight is 305 g/mol. The van der Waals surface area contributed by atoms with Crippen LogP contribution in [-0.2, 0) is 4.79 Å². The summed E-state index contributed by atoms with van der Waals surface area (Å²) in [4.78, 5) is 23.5. The number of carbonyl (C=O) groups is 1. The Bertz CT molecular complexity index is 719. The van der Waals surface area contributed by atoms with E-state index in [-0.39, 0.29) is 23.4 Å². The third-order valence-electron chi connectivity index (χ3n) is 3.09. The Balaban J connectivity index is 1.60. The molecule has 1 aromatic carbocycles. The molecule has 1 aromatic heterocycles. The predicted molar refractivity (Wildman–Crippen MR) is 81.3 cm³/mol. The third kappa shape index (κ3) is 3.27. The summed E-state index contributed by atoms with van der Waals surface area (Å²) >= 11 is 1.25. The molecule has 0 spiro atoms. The number of nitrogens with two attached hydrogens (primary N) is 1. The molecule has 0 atom stereocenters. The lowest BCUT2D eigenvalue weighted by Crippen LogP contribution is -2.17. The van der Waals surface area contributed by atoms with Crippen molar-refractivity contribution >= 4 is 29.0 Å². The minimum atomic E-state index is -0.212. The van der Waals surface area contributed by atoms with Crippen molar-refractivity contribution in [1.82, 2.24) is 14.8 Å². The van der Waals surface area contributed by atoms with E-state index in [1.165, 1.54) is 11.8 Å². The van der Waals surface area contributed by atoms with Gasteiger partial charge in [0.05, 0.1) is 5.75 Å². The van der Waals surface area contributed by atoms with Gasteiger partial charge in [-0.3, -0.25) is 9.36 Å². The zero-order valence-electron chi connectivity index (χ0n) is 11.2. The first-order valence-corrected chi connectivity index (χ1v) is 7.57. The molecule has 4 N–H and O–H groups in total. The van der Waals surface area contributed by atoms with E-state index < -0.39 is 0 Å². The molecule has 1 aliphatic carbocycles. The van der Waals surface area contributed by atoms with Gasteiger partial charge in [-0.1, -0.05) is 17.8 Å². The van der Waals surface area contributed by atoms with Crippen LogP contribution in [0.3, 0.4) is 0 Å². The van der Waals surface area contributed by atoms with Crippen LogP contribution in [-0.4, -0.2) is 26.4 Å². The second-order valence-corrected chi connectivity index (χ2v) is 5.82. The van der Waals surface area contributed by atoms with Crippen LogP contribution in [0.2, 0.25) is 0 Å². The van der Waals surface area contributed by atoms with Crippen molar-refractivity contribution in [2.45, 2.75) is 24.0 Å². The van der Waals surface area contributed by atoms with Gasteiger partial charge in [-0.05, 0) is 31.0 Å². The highest BCUT2D eigenvalue weighted by molar-refractivity contribution is 7.99. The topological polar surface area (TPSA) is 106 Å². The number of anilines is 2. The standard InChI is InChI=1S/C13H15N5O2S/c14-8-2-1-3-9(6-8)15-11(19)7-21-13-17-16-12(20)18(13)10-4-5-10/h1-3,6,10H,4-5,7,14H2,(H,15,19)(H,16,20). The van der Waals surface area contributed by atoms with Gasteiger partial charge in [-0.25, -0.2) is 9.89 Å². The molecular formula is C13H15N5O2S. The van der Waals surface area contributed by atoms with Crippen molar-refractivity contribution in [2.75, 3.05) is 16.8 Å². The van der Waals surface area contributed by atoms with Crippen molar-refractivity contribution in [3.63, 3.8) is 0 Å². The van der Waals surface area contributed by atoms with Gasteiger partial charge in [0.1, 0.15) is 0 Å². The van der Waals surface area contributed by atoms with Crippen molar-refractivity contribution < 1.29 is 4.79 Å². The summed E-state index contributed by atoms with van der Waals surface area (Å²) in [6.07, 6.45) is 1.98. The van der Waals surface area contributed by atoms with E-state index in [4.69, 9.17) is 5.73 Å². The molecule has 8 heteroatoms. The first kappa shape index (κ1) is 13.7. The van der Waals surface area contributed by atoms with Gasteiger partial charge in [0.25, 0.3) is 0 Å². The lowest BCUT2D eigenvalue weighted by Gasteiger charge is -2.06. The smallest absolute Gasteiger partial charge is 0.344 e. The first-order chi connectivity index (χ1) is 10.1. The lowest BCUT2D eigenvalue weighted by atomic mass is 10.3. The highest BCUT2D eigenvalue weighted by atomic mass is 32.2. The monoisotopic (exact) mass is 305 g/mol. The maximum atomic E-state index is 11.9. The molecule has 0 bridgehead atoms. The molecule has 0 saturated heterocycles. The third-order valence-corrected chi connectivity index (χ3v) is 4.04. The van der Waals surface area contributed by atoms with Gasteiger partial charge in [-0.15, -0.1) is 5.10 Å². The van der Waals surface area contributed by atoms with Crippen molar-refractivity contribution in [3.05, 3.63) is 34.7 Å². The Hall–Kier alpha value is -2.22. The maximum absolute atomic E-state index is 11.9. The number of rotatable bonds is 5. The Morgan fingerprint density at radius 1 is 1.52 bits per heavy atom. The van der Waals surface area contributed by atoms with Gasteiger partial charge in [0.2, 0.25) is 5.91 Å². The fraction of sp³-hybridized carbons (Fsp3) is 0.308. The van der Waals surface area contributed by atoms with Crippen LogP contribution in [0.5, 0.6) is 0 Å². The van der Waals surface area contributed by atoms with Gasteiger partial charge in [0, 0.05) is 17.4 Å². The van der Waals surface area contributed by atoms with Crippen LogP contribution in [0.4, 0.5) is 11.4 Å². The number of nitrogen functional groups attached to an aromatic ring is 1. The van der Waals surface area contributed by atoms with Gasteiger partial charge in [0.15, 0.2) is 5.16 Å². The number of nitrogens with one attached hydrogen (secondary N) is 2. The molecule has 1 saturated carbocycles. The number of thioether (sulfide) groups is 1. The Labute approximate surface area is 124 Å². The molecule has 0 unspecified atom stereocenters. The van der Waals surface area contributed by atoms with Crippen LogP contribution in [0.1, 0.15) is 18.9 Å². The van der Waals surface area contributed by atoms with Crippen LogP contribution < -0.4 is 16.7 Å². The second-order valence-electron chi connectivity index (χ2n) is 4.87. The number of aromatic nitrogens is 3. The minimum absolute atomic E-state index is 0.164. The first-order valence-electron chi connectivity index (χ1n) is 6.58. The van der Waals surface area contributed by atoms with Crippen LogP contribution >= 0.6 is 11.8 Å². The second kappa shape index (κ2) is 5.65.